The van der Waals surface area contributed by atoms with Crippen LogP contribution in [0.1, 0.15) is 181 Å². The van der Waals surface area contributed by atoms with Crippen molar-refractivity contribution in [3.8, 4) is 0 Å². The van der Waals surface area contributed by atoms with E-state index < -0.39 is 26.6 Å². The summed E-state index contributed by atoms with van der Waals surface area (Å²) in [6.07, 6.45) is 61.7. The first kappa shape index (κ1) is 59.4. The second kappa shape index (κ2) is 43.7. The number of rotatable bonds is 43. The number of phosphoric acid groups is 1. The lowest BCUT2D eigenvalue weighted by Gasteiger charge is -2.29. The van der Waals surface area contributed by atoms with Crippen LogP contribution >= 0.6 is 7.82 Å². The Bertz CT molecular complexity index is 1330. The summed E-state index contributed by atoms with van der Waals surface area (Å²) < 4.78 is 23.2. The molecule has 62 heavy (non-hydrogen) atoms. The number of carbonyl (C=O) groups is 1. The third kappa shape index (κ3) is 45.4. The second-order valence-electron chi connectivity index (χ2n) is 17.4. The second-order valence-corrected chi connectivity index (χ2v) is 18.8. The summed E-state index contributed by atoms with van der Waals surface area (Å²) in [6.45, 7) is 4.47. The Hall–Kier alpha value is -2.58. The maximum atomic E-state index is 12.9. The molecule has 8 nitrogen and oxygen atoms in total. The lowest BCUT2D eigenvalue weighted by molar-refractivity contribution is -0.870. The largest absolute Gasteiger partial charge is 0.756 e. The summed E-state index contributed by atoms with van der Waals surface area (Å²) in [5, 5.41) is 13.8. The summed E-state index contributed by atoms with van der Waals surface area (Å²) in [7, 11) is 1.22. The number of nitrogens with zero attached hydrogens (tertiary/aromatic N) is 1. The minimum atomic E-state index is -4.61. The number of carbonyl (C=O) groups excluding carboxylic acids is 1. The van der Waals surface area contributed by atoms with Gasteiger partial charge in [-0.05, 0) is 83.5 Å². The molecular weight excluding hydrogens is 792 g/mol. The van der Waals surface area contributed by atoms with Crippen molar-refractivity contribution in [3.63, 3.8) is 0 Å². The fraction of sp³-hybridized carbons (Fsp3) is 0.679. The molecule has 0 rings (SSSR count). The Labute approximate surface area is 381 Å². The highest BCUT2D eigenvalue weighted by Crippen LogP contribution is 2.38. The van der Waals surface area contributed by atoms with Gasteiger partial charge in [0.05, 0.1) is 39.9 Å². The van der Waals surface area contributed by atoms with E-state index in [0.29, 0.717) is 17.4 Å². The van der Waals surface area contributed by atoms with E-state index >= 15 is 0 Å². The van der Waals surface area contributed by atoms with Gasteiger partial charge in [-0.3, -0.25) is 9.36 Å². The number of likely N-dealkylation sites (N-methyl/N-ethyl adjacent to an activating group) is 1. The molecule has 0 radical (unpaired) electrons. The van der Waals surface area contributed by atoms with Gasteiger partial charge in [0, 0.05) is 6.42 Å². The predicted molar refractivity (Wildman–Crippen MR) is 265 cm³/mol. The van der Waals surface area contributed by atoms with Gasteiger partial charge < -0.3 is 28.8 Å². The molecule has 9 heteroatoms. The highest BCUT2D eigenvalue weighted by atomic mass is 31.2. The van der Waals surface area contributed by atoms with Crippen LogP contribution in [0.3, 0.4) is 0 Å². The van der Waals surface area contributed by atoms with Gasteiger partial charge in [0.2, 0.25) is 5.91 Å². The summed E-state index contributed by atoms with van der Waals surface area (Å²) in [5.41, 5.74) is 0. The minimum absolute atomic E-state index is 0.0150. The average Bonchev–Trinajstić information content (AvgIpc) is 3.23. The first-order chi connectivity index (χ1) is 30.0. The smallest absolute Gasteiger partial charge is 0.268 e. The molecule has 1 amide bonds. The fourth-order valence-corrected chi connectivity index (χ4v) is 7.13. The molecule has 0 heterocycles. The van der Waals surface area contributed by atoms with Gasteiger partial charge in [-0.2, -0.15) is 0 Å². The predicted octanol–water partition coefficient (Wildman–Crippen LogP) is 13.7. The zero-order chi connectivity index (χ0) is 45.7. The summed E-state index contributed by atoms with van der Waals surface area (Å²) in [4.78, 5) is 25.4. The van der Waals surface area contributed by atoms with Crippen LogP contribution in [0.15, 0.2) is 97.2 Å². The number of unbranched alkanes of at least 4 members (excludes halogenated alkanes) is 16. The molecule has 0 aliphatic heterocycles. The van der Waals surface area contributed by atoms with Crippen LogP contribution in [0.25, 0.3) is 0 Å². The number of allylic oxidation sites excluding steroid dienone is 15. The molecule has 0 bridgehead atoms. The van der Waals surface area contributed by atoms with Crippen LogP contribution in [0, 0.1) is 0 Å². The highest BCUT2D eigenvalue weighted by molar-refractivity contribution is 7.45. The van der Waals surface area contributed by atoms with Crippen molar-refractivity contribution in [2.45, 2.75) is 193 Å². The molecule has 356 valence electrons. The van der Waals surface area contributed by atoms with E-state index in [1.807, 2.05) is 27.2 Å². The molecule has 0 saturated carbocycles. The third-order valence-electron chi connectivity index (χ3n) is 10.3. The van der Waals surface area contributed by atoms with Crippen LogP contribution in [0.5, 0.6) is 0 Å². The van der Waals surface area contributed by atoms with Crippen LogP contribution in [-0.4, -0.2) is 68.5 Å². The zero-order valence-corrected chi connectivity index (χ0v) is 41.2. The van der Waals surface area contributed by atoms with Gasteiger partial charge >= 0.3 is 0 Å². The Kier molecular flexibility index (Phi) is 41.8. The average molecular weight is 885 g/mol. The monoisotopic (exact) mass is 885 g/mol. The number of hydrogen-bond acceptors (Lipinski definition) is 6. The van der Waals surface area contributed by atoms with E-state index in [9.17, 15) is 19.4 Å². The molecular formula is C53H93N2O6P. The normalized spacial score (nSPS) is 15.0. The highest BCUT2D eigenvalue weighted by Gasteiger charge is 2.23. The Morgan fingerprint density at radius 1 is 0.581 bits per heavy atom. The van der Waals surface area contributed by atoms with Crippen molar-refractivity contribution in [2.24, 2.45) is 0 Å². The number of aliphatic hydroxyl groups is 1. The number of phosphoric ester groups is 1. The SMILES string of the molecule is CC/C=C\C/C=C\C/C=C\C/C=C\C/C=C\C/C=C\CCCCCCCCC(=O)NC(COP(=O)([O-])OCC[N+](C)(C)C)C(O)/C=C/CC/C=C/CCCCCCCCCCC. The Balaban J connectivity index is 4.41. The lowest BCUT2D eigenvalue weighted by Crippen LogP contribution is -2.45. The van der Waals surface area contributed by atoms with Crippen molar-refractivity contribution < 1.29 is 32.9 Å². The molecule has 0 aromatic carbocycles. The summed E-state index contributed by atoms with van der Waals surface area (Å²) in [5.74, 6) is -0.227. The topological polar surface area (TPSA) is 108 Å². The van der Waals surface area contributed by atoms with Crippen molar-refractivity contribution in [3.05, 3.63) is 97.2 Å². The molecule has 0 aromatic rings. The van der Waals surface area contributed by atoms with E-state index in [1.165, 1.54) is 57.8 Å². The van der Waals surface area contributed by atoms with Gasteiger partial charge in [-0.1, -0.05) is 188 Å². The van der Waals surface area contributed by atoms with Crippen LogP contribution in [0.2, 0.25) is 0 Å². The maximum Gasteiger partial charge on any atom is 0.268 e. The quantitative estimate of drug-likeness (QED) is 0.0273. The van der Waals surface area contributed by atoms with Crippen LogP contribution < -0.4 is 10.2 Å². The van der Waals surface area contributed by atoms with Gasteiger partial charge in [0.25, 0.3) is 7.82 Å². The van der Waals surface area contributed by atoms with E-state index in [0.717, 1.165) is 103 Å². The molecule has 0 aliphatic rings. The first-order valence-electron chi connectivity index (χ1n) is 24.6. The summed E-state index contributed by atoms with van der Waals surface area (Å²) in [6, 6.07) is -0.917. The van der Waals surface area contributed by atoms with E-state index in [4.69, 9.17) is 9.05 Å². The fourth-order valence-electron chi connectivity index (χ4n) is 6.41. The molecule has 0 aliphatic carbocycles. The van der Waals surface area contributed by atoms with E-state index in [2.05, 4.69) is 104 Å². The molecule has 0 fully saturated rings. The number of hydrogen-bond donors (Lipinski definition) is 2. The van der Waals surface area contributed by atoms with Gasteiger partial charge in [-0.15, -0.1) is 0 Å². The molecule has 2 N–H and O–H groups in total. The number of nitrogens with one attached hydrogen (secondary N) is 1. The zero-order valence-electron chi connectivity index (χ0n) is 40.3. The van der Waals surface area contributed by atoms with Crippen molar-refractivity contribution in [1.29, 1.82) is 0 Å². The van der Waals surface area contributed by atoms with Crippen molar-refractivity contribution in [1.82, 2.24) is 5.32 Å². The minimum Gasteiger partial charge on any atom is -0.756 e. The first-order valence-corrected chi connectivity index (χ1v) is 26.1. The number of aliphatic hydroxyl groups excluding tert-OH is 1. The number of amides is 1. The van der Waals surface area contributed by atoms with Crippen molar-refractivity contribution >= 4 is 13.7 Å². The molecule has 3 atom stereocenters. The molecule has 0 spiro atoms. The number of quaternary nitrogens is 1. The maximum absolute atomic E-state index is 12.9. The molecule has 3 unspecified atom stereocenters. The van der Waals surface area contributed by atoms with E-state index in [1.54, 1.807) is 6.08 Å². The Morgan fingerprint density at radius 2 is 1.00 bits per heavy atom. The van der Waals surface area contributed by atoms with Gasteiger partial charge in [0.1, 0.15) is 13.2 Å². The van der Waals surface area contributed by atoms with Crippen LogP contribution in [0.4, 0.5) is 0 Å². The van der Waals surface area contributed by atoms with E-state index in [-0.39, 0.29) is 12.5 Å². The molecule has 0 saturated heterocycles. The Morgan fingerprint density at radius 3 is 1.50 bits per heavy atom. The van der Waals surface area contributed by atoms with Gasteiger partial charge in [-0.25, -0.2) is 0 Å². The van der Waals surface area contributed by atoms with Crippen molar-refractivity contribution in [2.75, 3.05) is 40.9 Å². The molecule has 0 aromatic heterocycles. The standard InChI is InChI=1S/C53H93N2O6P/c1-6-8-10-12-14-16-18-20-22-23-24-25-26-27-28-29-30-31-33-35-37-39-41-43-45-47-53(57)54-51(50-61-62(58,59)60-49-48-55(3,4)5)52(56)46-44-42-40-38-36-34-32-21-19-17-15-13-11-9-7-2/h8,10,14,16,20,22,24-25,27-28,30-31,36,38,44,46,51-52,56H,6-7,9,11-13,15,17-19,21,23,26,29,32-35,37,39-43,45,47-50H2,1-5H3,(H-,54,57,58,59)/b10-8-,16-14-,22-20-,25-24-,28-27-,31-30-,38-36+,46-44+. The van der Waals surface area contributed by atoms with Gasteiger partial charge in [0.15, 0.2) is 0 Å². The lowest BCUT2D eigenvalue weighted by atomic mass is 10.1. The third-order valence-corrected chi connectivity index (χ3v) is 11.2. The van der Waals surface area contributed by atoms with Crippen LogP contribution in [-0.2, 0) is 18.4 Å². The summed E-state index contributed by atoms with van der Waals surface area (Å²) >= 11 is 0.